The maximum Gasteiger partial charge on any atom is 0.244 e. The number of hydrogen-bond donors (Lipinski definition) is 2. The standard InChI is InChI=1S/C13H16ClN3OS/c1-3-13(15,4-2)12(18)17-10-8(14)5-6-9-11(10)16-7-19-9/h5-7H,3-4,15H2,1-2H3,(H,17,18). The minimum atomic E-state index is -0.873. The Hall–Kier alpha value is -1.17. The van der Waals surface area contributed by atoms with E-state index < -0.39 is 5.54 Å². The lowest BCUT2D eigenvalue weighted by atomic mass is 9.93. The van der Waals surface area contributed by atoms with Crippen molar-refractivity contribution in [2.24, 2.45) is 5.73 Å². The number of carbonyl (C=O) groups is 1. The summed E-state index contributed by atoms with van der Waals surface area (Å²) >= 11 is 7.65. The Morgan fingerprint density at radius 1 is 1.47 bits per heavy atom. The lowest BCUT2D eigenvalue weighted by molar-refractivity contribution is -0.121. The molecule has 4 nitrogen and oxygen atoms in total. The number of nitrogens with two attached hydrogens (primary N) is 1. The number of rotatable bonds is 4. The van der Waals surface area contributed by atoms with Gasteiger partial charge >= 0.3 is 0 Å². The molecule has 1 heterocycles. The summed E-state index contributed by atoms with van der Waals surface area (Å²) in [6.07, 6.45) is 1.14. The van der Waals surface area contributed by atoms with Crippen molar-refractivity contribution in [1.29, 1.82) is 0 Å². The van der Waals surface area contributed by atoms with Crippen LogP contribution < -0.4 is 11.1 Å². The van der Waals surface area contributed by atoms with Crippen molar-refractivity contribution < 1.29 is 4.79 Å². The summed E-state index contributed by atoms with van der Waals surface area (Å²) in [5.41, 5.74) is 8.19. The molecule has 0 fully saturated rings. The normalized spacial score (nSPS) is 11.8. The van der Waals surface area contributed by atoms with Gasteiger partial charge < -0.3 is 11.1 Å². The molecule has 0 saturated heterocycles. The van der Waals surface area contributed by atoms with Gasteiger partial charge in [0, 0.05) is 0 Å². The zero-order valence-electron chi connectivity index (χ0n) is 10.9. The van der Waals surface area contributed by atoms with E-state index in [-0.39, 0.29) is 5.91 Å². The maximum atomic E-state index is 12.3. The molecule has 0 unspecified atom stereocenters. The van der Waals surface area contributed by atoms with E-state index in [1.807, 2.05) is 19.9 Å². The molecule has 0 bridgehead atoms. The second kappa shape index (κ2) is 5.45. The Kier molecular flexibility index (Phi) is 4.08. The van der Waals surface area contributed by atoms with Crippen molar-refractivity contribution in [3.05, 3.63) is 22.7 Å². The molecule has 2 rings (SSSR count). The van der Waals surface area contributed by atoms with E-state index in [1.54, 1.807) is 11.6 Å². The average molecular weight is 298 g/mol. The summed E-state index contributed by atoms with van der Waals surface area (Å²) < 4.78 is 0.982. The molecule has 0 radical (unpaired) electrons. The van der Waals surface area contributed by atoms with Gasteiger partial charge in [-0.2, -0.15) is 0 Å². The van der Waals surface area contributed by atoms with Gasteiger partial charge in [-0.3, -0.25) is 4.79 Å². The summed E-state index contributed by atoms with van der Waals surface area (Å²) in [5, 5.41) is 3.30. The van der Waals surface area contributed by atoms with E-state index in [1.165, 1.54) is 11.3 Å². The van der Waals surface area contributed by atoms with Crippen LogP contribution in [0.2, 0.25) is 5.02 Å². The van der Waals surface area contributed by atoms with Gasteiger partial charge in [-0.25, -0.2) is 4.98 Å². The van der Waals surface area contributed by atoms with Gasteiger partial charge in [-0.15, -0.1) is 11.3 Å². The van der Waals surface area contributed by atoms with Gasteiger partial charge in [-0.05, 0) is 25.0 Å². The fourth-order valence-corrected chi connectivity index (χ4v) is 2.72. The Labute approximate surface area is 121 Å². The van der Waals surface area contributed by atoms with Crippen molar-refractivity contribution in [3.8, 4) is 0 Å². The number of nitrogens with zero attached hydrogens (tertiary/aromatic N) is 1. The first kappa shape index (κ1) is 14.2. The Morgan fingerprint density at radius 3 is 2.79 bits per heavy atom. The van der Waals surface area contributed by atoms with Crippen LogP contribution in [-0.2, 0) is 4.79 Å². The number of nitrogens with one attached hydrogen (secondary N) is 1. The van der Waals surface area contributed by atoms with Crippen molar-refractivity contribution in [2.75, 3.05) is 5.32 Å². The molecule has 19 heavy (non-hydrogen) atoms. The van der Waals surface area contributed by atoms with Gasteiger partial charge in [0.05, 0.1) is 26.5 Å². The van der Waals surface area contributed by atoms with Crippen LogP contribution >= 0.6 is 22.9 Å². The molecule has 0 saturated carbocycles. The maximum absolute atomic E-state index is 12.3. The third kappa shape index (κ3) is 2.59. The molecule has 0 aliphatic carbocycles. The molecule has 0 spiro atoms. The fourth-order valence-electron chi connectivity index (χ4n) is 1.83. The predicted molar refractivity (Wildman–Crippen MR) is 80.8 cm³/mol. The topological polar surface area (TPSA) is 68.0 Å². The minimum Gasteiger partial charge on any atom is -0.321 e. The van der Waals surface area contributed by atoms with Gasteiger partial charge in [0.15, 0.2) is 0 Å². The zero-order chi connectivity index (χ0) is 14.0. The molecule has 6 heteroatoms. The molecular weight excluding hydrogens is 282 g/mol. The van der Waals surface area contributed by atoms with E-state index in [2.05, 4.69) is 10.3 Å². The lowest BCUT2D eigenvalue weighted by Gasteiger charge is -2.25. The van der Waals surface area contributed by atoms with E-state index in [4.69, 9.17) is 17.3 Å². The summed E-state index contributed by atoms with van der Waals surface area (Å²) in [6, 6.07) is 3.65. The Bertz CT molecular complexity index is 607. The second-order valence-corrected chi connectivity index (χ2v) is 5.73. The molecule has 0 atom stereocenters. The van der Waals surface area contributed by atoms with Crippen LogP contribution in [0.3, 0.4) is 0 Å². The van der Waals surface area contributed by atoms with Crippen molar-refractivity contribution >= 4 is 44.7 Å². The summed E-state index contributed by atoms with van der Waals surface area (Å²) in [6.45, 7) is 3.79. The summed E-state index contributed by atoms with van der Waals surface area (Å²) in [4.78, 5) is 16.5. The first-order chi connectivity index (χ1) is 9.01. The van der Waals surface area contributed by atoms with Crippen LogP contribution in [0.15, 0.2) is 17.6 Å². The summed E-state index contributed by atoms with van der Waals surface area (Å²) in [7, 11) is 0. The smallest absolute Gasteiger partial charge is 0.244 e. The molecule has 0 aliphatic heterocycles. The third-order valence-electron chi connectivity index (χ3n) is 3.40. The molecule has 102 valence electrons. The molecule has 1 aromatic carbocycles. The summed E-state index contributed by atoms with van der Waals surface area (Å²) in [5.74, 6) is -0.222. The third-order valence-corrected chi connectivity index (χ3v) is 4.51. The number of benzene rings is 1. The molecule has 1 amide bonds. The van der Waals surface area contributed by atoms with Crippen LogP contribution in [0.5, 0.6) is 0 Å². The van der Waals surface area contributed by atoms with Gasteiger partial charge in [0.2, 0.25) is 5.91 Å². The highest BCUT2D eigenvalue weighted by Crippen LogP contribution is 2.33. The monoisotopic (exact) mass is 297 g/mol. The highest BCUT2D eigenvalue weighted by Gasteiger charge is 2.30. The van der Waals surface area contributed by atoms with E-state index in [9.17, 15) is 4.79 Å². The number of hydrogen-bond acceptors (Lipinski definition) is 4. The van der Waals surface area contributed by atoms with Gasteiger partial charge in [0.1, 0.15) is 5.52 Å². The van der Waals surface area contributed by atoms with Crippen molar-refractivity contribution in [1.82, 2.24) is 4.98 Å². The van der Waals surface area contributed by atoms with Crippen molar-refractivity contribution in [3.63, 3.8) is 0 Å². The first-order valence-electron chi connectivity index (χ1n) is 6.14. The number of fused-ring (bicyclic) bond motifs is 1. The van der Waals surface area contributed by atoms with Crippen LogP contribution in [-0.4, -0.2) is 16.4 Å². The van der Waals surface area contributed by atoms with Crippen molar-refractivity contribution in [2.45, 2.75) is 32.2 Å². The number of halogens is 1. The first-order valence-corrected chi connectivity index (χ1v) is 7.39. The van der Waals surface area contributed by atoms with Crippen LogP contribution in [0.1, 0.15) is 26.7 Å². The minimum absolute atomic E-state index is 0.222. The molecule has 1 aromatic heterocycles. The highest BCUT2D eigenvalue weighted by atomic mass is 35.5. The largest absolute Gasteiger partial charge is 0.321 e. The van der Waals surface area contributed by atoms with Gasteiger partial charge in [-0.1, -0.05) is 25.4 Å². The SMILES string of the molecule is CCC(N)(CC)C(=O)Nc1c(Cl)ccc2scnc12. The van der Waals surface area contributed by atoms with Crippen LogP contribution in [0.4, 0.5) is 5.69 Å². The predicted octanol–water partition coefficient (Wildman–Crippen LogP) is 3.41. The second-order valence-electron chi connectivity index (χ2n) is 4.44. The van der Waals surface area contributed by atoms with E-state index in [0.717, 1.165) is 4.70 Å². The number of carbonyl (C=O) groups excluding carboxylic acids is 1. The number of anilines is 1. The number of amides is 1. The Morgan fingerprint density at radius 2 is 2.16 bits per heavy atom. The van der Waals surface area contributed by atoms with E-state index >= 15 is 0 Å². The fraction of sp³-hybridized carbons (Fsp3) is 0.385. The highest BCUT2D eigenvalue weighted by molar-refractivity contribution is 7.16. The van der Waals surface area contributed by atoms with Crippen LogP contribution in [0.25, 0.3) is 10.2 Å². The van der Waals surface area contributed by atoms with Crippen LogP contribution in [0, 0.1) is 0 Å². The molecule has 3 N–H and O–H groups in total. The zero-order valence-corrected chi connectivity index (χ0v) is 12.4. The lowest BCUT2D eigenvalue weighted by Crippen LogP contribution is -2.50. The average Bonchev–Trinajstić information content (AvgIpc) is 2.89. The molecular formula is C13H16ClN3OS. The number of aromatic nitrogens is 1. The molecule has 2 aromatic rings. The van der Waals surface area contributed by atoms with E-state index in [0.29, 0.717) is 29.1 Å². The Balaban J connectivity index is 2.38. The van der Waals surface area contributed by atoms with Gasteiger partial charge in [0.25, 0.3) is 0 Å². The molecule has 0 aliphatic rings. The number of thiazole rings is 1. The quantitative estimate of drug-likeness (QED) is 0.909.